The fourth-order valence-corrected chi connectivity index (χ4v) is 1.81. The summed E-state index contributed by atoms with van der Waals surface area (Å²) < 4.78 is 5.10. The Morgan fingerprint density at radius 2 is 2.05 bits per heavy atom. The molecule has 2 rings (SSSR count). The summed E-state index contributed by atoms with van der Waals surface area (Å²) in [6, 6.07) is 7.52. The summed E-state index contributed by atoms with van der Waals surface area (Å²) in [4.78, 5) is 21.8. The maximum Gasteiger partial charge on any atom is 0.274 e. The predicted octanol–water partition coefficient (Wildman–Crippen LogP) is 1.04. The highest BCUT2D eigenvalue weighted by Gasteiger charge is 2.14. The van der Waals surface area contributed by atoms with Crippen LogP contribution in [-0.2, 0) is 6.54 Å². The summed E-state index contributed by atoms with van der Waals surface area (Å²) in [6.45, 7) is 0.463. The standard InChI is InChI=1S/C14H17N5O2/c1-19(9-10-3-5-11(21-2)6-4-10)14(20)12-7-16-8-13(17-12)18-15/h3-8H,9,15H2,1-2H3,(H,17,18). The first-order valence-corrected chi connectivity index (χ1v) is 6.31. The number of amides is 1. The lowest BCUT2D eigenvalue weighted by atomic mass is 10.2. The van der Waals surface area contributed by atoms with Crippen LogP contribution < -0.4 is 16.0 Å². The zero-order valence-corrected chi connectivity index (χ0v) is 11.9. The largest absolute Gasteiger partial charge is 0.497 e. The van der Waals surface area contributed by atoms with Crippen LogP contribution in [0.5, 0.6) is 5.75 Å². The molecular formula is C14H17N5O2. The van der Waals surface area contributed by atoms with E-state index in [2.05, 4.69) is 15.4 Å². The number of hydrogen-bond acceptors (Lipinski definition) is 6. The van der Waals surface area contributed by atoms with Gasteiger partial charge in [0.25, 0.3) is 5.91 Å². The molecule has 7 heteroatoms. The number of benzene rings is 1. The van der Waals surface area contributed by atoms with Crippen molar-refractivity contribution in [2.24, 2.45) is 5.84 Å². The highest BCUT2D eigenvalue weighted by molar-refractivity contribution is 5.92. The Morgan fingerprint density at radius 3 is 2.67 bits per heavy atom. The van der Waals surface area contributed by atoms with E-state index in [-0.39, 0.29) is 11.6 Å². The molecule has 0 fully saturated rings. The number of nitrogens with zero attached hydrogens (tertiary/aromatic N) is 3. The quantitative estimate of drug-likeness (QED) is 0.630. The number of methoxy groups -OCH3 is 1. The summed E-state index contributed by atoms with van der Waals surface area (Å²) in [7, 11) is 3.32. The van der Waals surface area contributed by atoms with Gasteiger partial charge in [-0.15, -0.1) is 0 Å². The van der Waals surface area contributed by atoms with Crippen molar-refractivity contribution in [2.45, 2.75) is 6.54 Å². The van der Waals surface area contributed by atoms with Crippen molar-refractivity contribution in [1.29, 1.82) is 0 Å². The molecule has 3 N–H and O–H groups in total. The summed E-state index contributed by atoms with van der Waals surface area (Å²) >= 11 is 0. The van der Waals surface area contributed by atoms with Crippen molar-refractivity contribution in [3.63, 3.8) is 0 Å². The summed E-state index contributed by atoms with van der Waals surface area (Å²) in [5.74, 6) is 6.15. The van der Waals surface area contributed by atoms with Gasteiger partial charge in [0.05, 0.1) is 19.5 Å². The first kappa shape index (κ1) is 14.7. The number of rotatable bonds is 5. The van der Waals surface area contributed by atoms with Crippen molar-refractivity contribution in [2.75, 3.05) is 19.6 Å². The second-order valence-electron chi connectivity index (χ2n) is 4.44. The lowest BCUT2D eigenvalue weighted by molar-refractivity contribution is 0.0779. The van der Waals surface area contributed by atoms with Crippen molar-refractivity contribution in [3.05, 3.63) is 47.9 Å². The lowest BCUT2D eigenvalue weighted by Gasteiger charge is -2.17. The zero-order chi connectivity index (χ0) is 15.2. The molecule has 0 atom stereocenters. The van der Waals surface area contributed by atoms with E-state index >= 15 is 0 Å². The van der Waals surface area contributed by atoms with Crippen LogP contribution in [0.1, 0.15) is 16.1 Å². The monoisotopic (exact) mass is 287 g/mol. The summed E-state index contributed by atoms with van der Waals surface area (Å²) in [5, 5.41) is 0. The highest BCUT2D eigenvalue weighted by Crippen LogP contribution is 2.13. The molecule has 1 aromatic carbocycles. The zero-order valence-electron chi connectivity index (χ0n) is 11.9. The molecule has 1 amide bonds. The smallest absolute Gasteiger partial charge is 0.274 e. The van der Waals surface area contributed by atoms with Gasteiger partial charge in [0.1, 0.15) is 11.4 Å². The van der Waals surface area contributed by atoms with Crippen LogP contribution in [0.4, 0.5) is 5.82 Å². The van der Waals surface area contributed by atoms with Gasteiger partial charge in [0, 0.05) is 13.6 Å². The third-order valence-electron chi connectivity index (χ3n) is 2.93. The molecule has 2 aromatic rings. The average Bonchev–Trinajstić information content (AvgIpc) is 2.54. The number of hydrazine groups is 1. The van der Waals surface area contributed by atoms with Crippen LogP contribution >= 0.6 is 0 Å². The topological polar surface area (TPSA) is 93.4 Å². The third-order valence-corrected chi connectivity index (χ3v) is 2.93. The molecule has 110 valence electrons. The molecule has 0 unspecified atom stereocenters. The van der Waals surface area contributed by atoms with Gasteiger partial charge in [0.15, 0.2) is 5.82 Å². The van der Waals surface area contributed by atoms with E-state index in [4.69, 9.17) is 10.6 Å². The number of ether oxygens (including phenoxy) is 1. The van der Waals surface area contributed by atoms with Gasteiger partial charge < -0.3 is 15.1 Å². The molecule has 0 radical (unpaired) electrons. The van der Waals surface area contributed by atoms with E-state index in [0.717, 1.165) is 11.3 Å². The number of anilines is 1. The Hall–Kier alpha value is -2.67. The Morgan fingerprint density at radius 1 is 1.33 bits per heavy atom. The van der Waals surface area contributed by atoms with Crippen LogP contribution in [-0.4, -0.2) is 34.9 Å². The summed E-state index contributed by atoms with van der Waals surface area (Å²) in [5.41, 5.74) is 3.60. The maximum atomic E-state index is 12.3. The van der Waals surface area contributed by atoms with E-state index in [1.807, 2.05) is 24.3 Å². The fraction of sp³-hybridized carbons (Fsp3) is 0.214. The molecule has 0 aliphatic carbocycles. The molecule has 0 aliphatic heterocycles. The highest BCUT2D eigenvalue weighted by atomic mass is 16.5. The number of nitrogens with two attached hydrogens (primary N) is 1. The van der Waals surface area contributed by atoms with Gasteiger partial charge in [-0.3, -0.25) is 9.78 Å². The average molecular weight is 287 g/mol. The maximum absolute atomic E-state index is 12.3. The number of carbonyl (C=O) groups excluding carboxylic acids is 1. The van der Waals surface area contributed by atoms with Crippen LogP contribution in [0.25, 0.3) is 0 Å². The molecule has 0 saturated carbocycles. The van der Waals surface area contributed by atoms with Gasteiger partial charge in [0.2, 0.25) is 0 Å². The van der Waals surface area contributed by atoms with Crippen molar-refractivity contribution in [1.82, 2.24) is 14.9 Å². The third kappa shape index (κ3) is 3.67. The number of aromatic nitrogens is 2. The molecular weight excluding hydrogens is 270 g/mol. The Labute approximate surface area is 122 Å². The predicted molar refractivity (Wildman–Crippen MR) is 78.6 cm³/mol. The number of nitrogens with one attached hydrogen (secondary N) is 1. The Balaban J connectivity index is 2.07. The van der Waals surface area contributed by atoms with Crippen molar-refractivity contribution >= 4 is 11.7 Å². The number of hydrogen-bond donors (Lipinski definition) is 2. The van der Waals surface area contributed by atoms with Gasteiger partial charge in [-0.2, -0.15) is 0 Å². The van der Waals surface area contributed by atoms with E-state index in [1.165, 1.54) is 12.4 Å². The molecule has 1 aromatic heterocycles. The minimum Gasteiger partial charge on any atom is -0.497 e. The van der Waals surface area contributed by atoms with Crippen LogP contribution in [0, 0.1) is 0 Å². The molecule has 7 nitrogen and oxygen atoms in total. The van der Waals surface area contributed by atoms with Gasteiger partial charge in [-0.25, -0.2) is 10.8 Å². The van der Waals surface area contributed by atoms with E-state index in [9.17, 15) is 4.79 Å². The van der Waals surface area contributed by atoms with Gasteiger partial charge >= 0.3 is 0 Å². The summed E-state index contributed by atoms with van der Waals surface area (Å²) in [6.07, 6.45) is 2.86. The lowest BCUT2D eigenvalue weighted by Crippen LogP contribution is -2.27. The van der Waals surface area contributed by atoms with E-state index in [0.29, 0.717) is 12.4 Å². The normalized spacial score (nSPS) is 10.0. The molecule has 21 heavy (non-hydrogen) atoms. The molecule has 0 aliphatic rings. The molecule has 0 bridgehead atoms. The van der Waals surface area contributed by atoms with Crippen LogP contribution in [0.3, 0.4) is 0 Å². The number of carbonyl (C=O) groups is 1. The first-order chi connectivity index (χ1) is 10.1. The van der Waals surface area contributed by atoms with E-state index < -0.39 is 0 Å². The second-order valence-corrected chi connectivity index (χ2v) is 4.44. The van der Waals surface area contributed by atoms with Gasteiger partial charge in [-0.1, -0.05) is 12.1 Å². The molecule has 0 saturated heterocycles. The van der Waals surface area contributed by atoms with Crippen LogP contribution in [0.2, 0.25) is 0 Å². The van der Waals surface area contributed by atoms with Crippen molar-refractivity contribution in [3.8, 4) is 5.75 Å². The Bertz CT molecular complexity index is 615. The fourth-order valence-electron chi connectivity index (χ4n) is 1.81. The van der Waals surface area contributed by atoms with Crippen molar-refractivity contribution < 1.29 is 9.53 Å². The molecule has 1 heterocycles. The van der Waals surface area contributed by atoms with E-state index in [1.54, 1.807) is 19.1 Å². The SMILES string of the molecule is COc1ccc(CN(C)C(=O)c2cncc(NN)n2)cc1. The second kappa shape index (κ2) is 6.67. The van der Waals surface area contributed by atoms with Crippen LogP contribution in [0.15, 0.2) is 36.7 Å². The minimum atomic E-state index is -0.226. The first-order valence-electron chi connectivity index (χ1n) is 6.31. The van der Waals surface area contributed by atoms with Gasteiger partial charge in [-0.05, 0) is 17.7 Å². The number of nitrogen functional groups attached to an aromatic ring is 1. The minimum absolute atomic E-state index is 0.226. The Kier molecular flexibility index (Phi) is 4.68. The molecule has 0 spiro atoms.